The lowest BCUT2D eigenvalue weighted by molar-refractivity contribution is 0.0980. The van der Waals surface area contributed by atoms with Gasteiger partial charge in [-0.05, 0) is 50.2 Å². The van der Waals surface area contributed by atoms with Crippen molar-refractivity contribution in [2.45, 2.75) is 18.9 Å². The van der Waals surface area contributed by atoms with Gasteiger partial charge in [0, 0.05) is 25.5 Å². The van der Waals surface area contributed by atoms with Crippen LogP contribution in [0.25, 0.3) is 0 Å². The molecule has 0 unspecified atom stereocenters. The monoisotopic (exact) mass is 284 g/mol. The van der Waals surface area contributed by atoms with Crippen molar-refractivity contribution in [1.29, 1.82) is 0 Å². The van der Waals surface area contributed by atoms with Gasteiger partial charge >= 0.3 is 0 Å². The Hall–Kier alpha value is -2.14. The molecule has 3 rings (SSSR count). The minimum Gasteiger partial charge on any atom is -0.340 e. The van der Waals surface area contributed by atoms with Gasteiger partial charge < -0.3 is 9.88 Å². The highest BCUT2D eigenvalue weighted by Gasteiger charge is 2.22. The predicted molar refractivity (Wildman–Crippen MR) is 82.5 cm³/mol. The van der Waals surface area contributed by atoms with Crippen LogP contribution >= 0.6 is 0 Å². The zero-order valence-corrected chi connectivity index (χ0v) is 12.2. The maximum absolute atomic E-state index is 12.7. The molecule has 1 saturated heterocycles. The van der Waals surface area contributed by atoms with E-state index in [1.807, 2.05) is 36.5 Å². The molecule has 0 saturated carbocycles. The van der Waals surface area contributed by atoms with Crippen molar-refractivity contribution in [2.24, 2.45) is 0 Å². The minimum absolute atomic E-state index is 0.0165. The lowest BCUT2D eigenvalue weighted by Gasteiger charge is -2.27. The van der Waals surface area contributed by atoms with Crippen LogP contribution in [0.2, 0.25) is 0 Å². The fourth-order valence-electron chi connectivity index (χ4n) is 2.81. The fraction of sp³-hybridized carbons (Fsp3) is 0.375. The SMILES string of the molecule is CN(C(=O)c1cccn1C1CCNCC1)c1ccccn1. The molecule has 0 aromatic carbocycles. The van der Waals surface area contributed by atoms with Gasteiger partial charge in [-0.1, -0.05) is 6.07 Å². The number of nitrogens with zero attached hydrogens (tertiary/aromatic N) is 3. The number of rotatable bonds is 3. The topological polar surface area (TPSA) is 50.2 Å². The van der Waals surface area contributed by atoms with Crippen molar-refractivity contribution in [3.63, 3.8) is 0 Å². The molecule has 0 bridgehead atoms. The summed E-state index contributed by atoms with van der Waals surface area (Å²) in [7, 11) is 1.77. The summed E-state index contributed by atoms with van der Waals surface area (Å²) in [5.41, 5.74) is 0.732. The molecule has 1 amide bonds. The van der Waals surface area contributed by atoms with Crippen LogP contribution in [-0.2, 0) is 0 Å². The quantitative estimate of drug-likeness (QED) is 0.939. The van der Waals surface area contributed by atoms with Crippen LogP contribution in [0.3, 0.4) is 0 Å². The van der Waals surface area contributed by atoms with Crippen molar-refractivity contribution in [1.82, 2.24) is 14.9 Å². The van der Waals surface area contributed by atoms with Gasteiger partial charge in [0.25, 0.3) is 5.91 Å². The summed E-state index contributed by atoms with van der Waals surface area (Å²) in [6.45, 7) is 2.01. The fourth-order valence-corrected chi connectivity index (χ4v) is 2.81. The molecule has 0 spiro atoms. The first kappa shape index (κ1) is 13.8. The minimum atomic E-state index is -0.0165. The van der Waals surface area contributed by atoms with Gasteiger partial charge in [0.2, 0.25) is 0 Å². The molecule has 0 aliphatic carbocycles. The van der Waals surface area contributed by atoms with E-state index in [9.17, 15) is 4.79 Å². The number of carbonyl (C=O) groups excluding carboxylic acids is 1. The Bertz CT molecular complexity index is 602. The van der Waals surface area contributed by atoms with Gasteiger partial charge in [0.05, 0.1) is 0 Å². The number of anilines is 1. The molecule has 1 fully saturated rings. The Morgan fingerprint density at radius 2 is 2.10 bits per heavy atom. The molecule has 2 aromatic rings. The molecule has 0 atom stereocenters. The Kier molecular flexibility index (Phi) is 4.01. The van der Waals surface area contributed by atoms with Gasteiger partial charge in [0.1, 0.15) is 11.5 Å². The first-order valence-electron chi connectivity index (χ1n) is 7.34. The van der Waals surface area contributed by atoms with Gasteiger partial charge in [-0.2, -0.15) is 0 Å². The van der Waals surface area contributed by atoms with E-state index in [4.69, 9.17) is 0 Å². The highest BCUT2D eigenvalue weighted by atomic mass is 16.2. The maximum atomic E-state index is 12.7. The number of hydrogen-bond donors (Lipinski definition) is 1. The van der Waals surface area contributed by atoms with E-state index in [0.29, 0.717) is 11.9 Å². The standard InChI is InChI=1S/C16H20N4O/c1-19(15-6-2-3-9-18-15)16(21)14-5-4-12-20(14)13-7-10-17-11-8-13/h2-6,9,12-13,17H,7-8,10-11H2,1H3. The Morgan fingerprint density at radius 3 is 2.81 bits per heavy atom. The average molecular weight is 284 g/mol. The van der Waals surface area contributed by atoms with Crippen molar-refractivity contribution in [3.8, 4) is 0 Å². The smallest absolute Gasteiger partial charge is 0.275 e. The first-order valence-corrected chi connectivity index (χ1v) is 7.34. The molecule has 3 heterocycles. The number of hydrogen-bond acceptors (Lipinski definition) is 3. The van der Waals surface area contributed by atoms with Crippen molar-refractivity contribution < 1.29 is 4.79 Å². The summed E-state index contributed by atoms with van der Waals surface area (Å²) in [6, 6.07) is 9.82. The zero-order valence-electron chi connectivity index (χ0n) is 12.2. The van der Waals surface area contributed by atoms with Crippen LogP contribution in [0, 0.1) is 0 Å². The third-order valence-corrected chi connectivity index (χ3v) is 4.00. The van der Waals surface area contributed by atoms with Crippen LogP contribution in [0.1, 0.15) is 29.4 Å². The number of carbonyl (C=O) groups is 1. The van der Waals surface area contributed by atoms with E-state index in [0.717, 1.165) is 31.6 Å². The van der Waals surface area contributed by atoms with Gasteiger partial charge in [0.15, 0.2) is 0 Å². The average Bonchev–Trinajstić information content (AvgIpc) is 3.04. The summed E-state index contributed by atoms with van der Waals surface area (Å²) in [6.07, 6.45) is 5.82. The molecular formula is C16H20N4O. The van der Waals surface area contributed by atoms with Crippen molar-refractivity contribution in [3.05, 3.63) is 48.4 Å². The first-order chi connectivity index (χ1) is 10.3. The maximum Gasteiger partial charge on any atom is 0.275 e. The molecule has 110 valence electrons. The van der Waals surface area contributed by atoms with Crippen LogP contribution in [-0.4, -0.2) is 35.6 Å². The molecule has 21 heavy (non-hydrogen) atoms. The third-order valence-electron chi connectivity index (χ3n) is 4.00. The van der Waals surface area contributed by atoms with E-state index >= 15 is 0 Å². The zero-order chi connectivity index (χ0) is 14.7. The Balaban J connectivity index is 1.83. The molecule has 5 nitrogen and oxygen atoms in total. The van der Waals surface area contributed by atoms with Gasteiger partial charge in [-0.25, -0.2) is 4.98 Å². The van der Waals surface area contributed by atoms with E-state index in [2.05, 4.69) is 14.9 Å². The summed E-state index contributed by atoms with van der Waals surface area (Å²) < 4.78 is 2.11. The molecule has 1 aliphatic rings. The lowest BCUT2D eigenvalue weighted by Crippen LogP contribution is -2.33. The second-order valence-corrected chi connectivity index (χ2v) is 5.33. The summed E-state index contributed by atoms with van der Waals surface area (Å²) in [5.74, 6) is 0.651. The molecule has 5 heteroatoms. The van der Waals surface area contributed by atoms with E-state index in [1.165, 1.54) is 0 Å². The molecule has 2 aromatic heterocycles. The van der Waals surface area contributed by atoms with Gasteiger partial charge in [-0.3, -0.25) is 9.69 Å². The highest BCUT2D eigenvalue weighted by Crippen LogP contribution is 2.22. The van der Waals surface area contributed by atoms with Crippen molar-refractivity contribution in [2.75, 3.05) is 25.0 Å². The second kappa shape index (κ2) is 6.10. The van der Waals surface area contributed by atoms with Crippen LogP contribution < -0.4 is 10.2 Å². The summed E-state index contributed by atoms with van der Waals surface area (Å²) >= 11 is 0. The number of piperidine rings is 1. The summed E-state index contributed by atoms with van der Waals surface area (Å²) in [5, 5.41) is 3.36. The van der Waals surface area contributed by atoms with Crippen LogP contribution in [0.4, 0.5) is 5.82 Å². The van der Waals surface area contributed by atoms with E-state index in [-0.39, 0.29) is 5.91 Å². The molecule has 1 N–H and O–H groups in total. The van der Waals surface area contributed by atoms with Crippen LogP contribution in [0.15, 0.2) is 42.7 Å². The normalized spacial score (nSPS) is 15.9. The number of aromatic nitrogens is 2. The van der Waals surface area contributed by atoms with Gasteiger partial charge in [-0.15, -0.1) is 0 Å². The number of pyridine rings is 1. The molecule has 0 radical (unpaired) electrons. The highest BCUT2D eigenvalue weighted by molar-refractivity contribution is 6.04. The Labute approximate surface area is 124 Å². The van der Waals surface area contributed by atoms with E-state index < -0.39 is 0 Å². The summed E-state index contributed by atoms with van der Waals surface area (Å²) in [4.78, 5) is 18.6. The number of nitrogens with one attached hydrogen (secondary N) is 1. The predicted octanol–water partition coefficient (Wildman–Crippen LogP) is 2.08. The van der Waals surface area contributed by atoms with E-state index in [1.54, 1.807) is 18.1 Å². The third kappa shape index (κ3) is 2.83. The number of amides is 1. The lowest BCUT2D eigenvalue weighted by atomic mass is 10.1. The second-order valence-electron chi connectivity index (χ2n) is 5.33. The largest absolute Gasteiger partial charge is 0.340 e. The Morgan fingerprint density at radius 1 is 1.29 bits per heavy atom. The van der Waals surface area contributed by atoms with Crippen LogP contribution in [0.5, 0.6) is 0 Å². The molecular weight excluding hydrogens is 264 g/mol. The molecule has 1 aliphatic heterocycles. The van der Waals surface area contributed by atoms with Crippen molar-refractivity contribution >= 4 is 11.7 Å².